The first-order valence-electron chi connectivity index (χ1n) is 9.73. The van der Waals surface area contributed by atoms with Crippen molar-refractivity contribution in [1.29, 1.82) is 0 Å². The fourth-order valence-electron chi connectivity index (χ4n) is 3.55. The number of rotatable bonds is 6. The second-order valence-corrected chi connectivity index (χ2v) is 7.19. The normalized spacial score (nSPS) is 15.5. The molecule has 0 aromatic heterocycles. The lowest BCUT2D eigenvalue weighted by Gasteiger charge is -2.32. The summed E-state index contributed by atoms with van der Waals surface area (Å²) >= 11 is 0. The third-order valence-electron chi connectivity index (χ3n) is 5.22. The third-order valence-corrected chi connectivity index (χ3v) is 5.22. The summed E-state index contributed by atoms with van der Waals surface area (Å²) in [5, 5.41) is 5.97. The van der Waals surface area contributed by atoms with Crippen molar-refractivity contribution in [1.82, 2.24) is 10.2 Å². The number of hydrogen-bond donors (Lipinski definition) is 2. The van der Waals surface area contributed by atoms with Gasteiger partial charge in [0.15, 0.2) is 0 Å². The Labute approximate surface area is 160 Å². The van der Waals surface area contributed by atoms with Gasteiger partial charge in [-0.25, -0.2) is 9.18 Å². The molecule has 0 unspecified atom stereocenters. The van der Waals surface area contributed by atoms with Crippen molar-refractivity contribution in [2.24, 2.45) is 5.92 Å². The molecule has 1 saturated heterocycles. The van der Waals surface area contributed by atoms with Crippen molar-refractivity contribution in [2.45, 2.75) is 32.7 Å². The van der Waals surface area contributed by atoms with E-state index in [2.05, 4.69) is 22.5 Å². The number of carbonyl (C=O) groups is 1. The largest absolute Gasteiger partial charge is 0.338 e. The topological polar surface area (TPSA) is 44.4 Å². The number of amides is 2. The summed E-state index contributed by atoms with van der Waals surface area (Å²) in [5.74, 6) is 0.310. The van der Waals surface area contributed by atoms with Crippen molar-refractivity contribution in [2.75, 3.05) is 25.0 Å². The minimum absolute atomic E-state index is 0.135. The van der Waals surface area contributed by atoms with Crippen LogP contribution in [0.25, 0.3) is 0 Å². The maximum absolute atomic E-state index is 13.0. The Bertz CT molecular complexity index is 739. The summed E-state index contributed by atoms with van der Waals surface area (Å²) < 4.78 is 13.0. The Morgan fingerprint density at radius 3 is 2.52 bits per heavy atom. The van der Waals surface area contributed by atoms with Crippen molar-refractivity contribution >= 4 is 11.7 Å². The average Bonchev–Trinajstić information content (AvgIpc) is 2.69. The summed E-state index contributed by atoms with van der Waals surface area (Å²) in [6.45, 7) is 5.64. The number of benzene rings is 2. The van der Waals surface area contributed by atoms with Crippen LogP contribution >= 0.6 is 0 Å². The van der Waals surface area contributed by atoms with Crippen LogP contribution in [0.5, 0.6) is 0 Å². The van der Waals surface area contributed by atoms with Gasteiger partial charge in [-0.15, -0.1) is 0 Å². The Balaban J connectivity index is 1.39. The zero-order chi connectivity index (χ0) is 19.1. The van der Waals surface area contributed by atoms with E-state index in [-0.39, 0.29) is 11.8 Å². The first-order valence-corrected chi connectivity index (χ1v) is 9.73. The van der Waals surface area contributed by atoms with Gasteiger partial charge in [-0.1, -0.05) is 37.3 Å². The van der Waals surface area contributed by atoms with Crippen molar-refractivity contribution in [3.63, 3.8) is 0 Å². The highest BCUT2D eigenvalue weighted by Crippen LogP contribution is 2.19. The molecule has 1 aliphatic heterocycles. The van der Waals surface area contributed by atoms with Crippen LogP contribution in [0.3, 0.4) is 0 Å². The van der Waals surface area contributed by atoms with Gasteiger partial charge in [-0.3, -0.25) is 4.90 Å². The van der Waals surface area contributed by atoms with Gasteiger partial charge in [0.1, 0.15) is 5.82 Å². The molecular weight excluding hydrogens is 341 g/mol. The van der Waals surface area contributed by atoms with Crippen LogP contribution in [-0.2, 0) is 13.0 Å². The number of carbonyl (C=O) groups excluding carboxylic acids is 1. The summed E-state index contributed by atoms with van der Waals surface area (Å²) in [6, 6.07) is 14.5. The molecule has 3 rings (SSSR count). The zero-order valence-electron chi connectivity index (χ0n) is 15.9. The van der Waals surface area contributed by atoms with Gasteiger partial charge in [-0.2, -0.15) is 0 Å². The summed E-state index contributed by atoms with van der Waals surface area (Å²) in [7, 11) is 0. The molecule has 2 aromatic rings. The summed E-state index contributed by atoms with van der Waals surface area (Å²) in [4.78, 5) is 14.6. The van der Waals surface area contributed by atoms with E-state index in [4.69, 9.17) is 0 Å². The number of anilines is 1. The predicted octanol–water partition coefficient (Wildman–Crippen LogP) is 4.42. The van der Waals surface area contributed by atoms with Gasteiger partial charge in [0, 0.05) is 18.8 Å². The maximum Gasteiger partial charge on any atom is 0.319 e. The van der Waals surface area contributed by atoms with E-state index in [1.807, 2.05) is 36.4 Å². The third kappa shape index (κ3) is 5.79. The van der Waals surface area contributed by atoms with Crippen LogP contribution in [0.1, 0.15) is 30.9 Å². The Morgan fingerprint density at radius 1 is 1.11 bits per heavy atom. The molecule has 5 heteroatoms. The minimum Gasteiger partial charge on any atom is -0.338 e. The zero-order valence-corrected chi connectivity index (χ0v) is 15.9. The fraction of sp³-hybridized carbons (Fsp3) is 0.409. The maximum atomic E-state index is 13.0. The second-order valence-electron chi connectivity index (χ2n) is 7.19. The van der Waals surface area contributed by atoms with Gasteiger partial charge in [0.25, 0.3) is 0 Å². The van der Waals surface area contributed by atoms with E-state index >= 15 is 0 Å². The van der Waals surface area contributed by atoms with Gasteiger partial charge in [0.2, 0.25) is 0 Å². The second kappa shape index (κ2) is 9.51. The van der Waals surface area contributed by atoms with Gasteiger partial charge in [-0.05, 0) is 67.6 Å². The highest BCUT2D eigenvalue weighted by atomic mass is 19.1. The molecule has 144 valence electrons. The molecule has 2 amide bonds. The lowest BCUT2D eigenvalue weighted by atomic mass is 9.96. The van der Waals surface area contributed by atoms with Gasteiger partial charge in [0.05, 0.1) is 0 Å². The number of hydrogen-bond acceptors (Lipinski definition) is 2. The number of aryl methyl sites for hydroxylation is 1. The molecule has 0 saturated carbocycles. The number of urea groups is 1. The van der Waals surface area contributed by atoms with Crippen LogP contribution in [0.15, 0.2) is 48.5 Å². The molecule has 0 bridgehead atoms. The molecule has 2 N–H and O–H groups in total. The van der Waals surface area contributed by atoms with E-state index in [0.29, 0.717) is 12.5 Å². The number of halogens is 1. The molecule has 1 fully saturated rings. The highest BCUT2D eigenvalue weighted by molar-refractivity contribution is 5.90. The SMILES string of the molecule is CCc1ccccc1NC(=O)NCC1CCN(Cc2ccc(F)cc2)CC1. The molecule has 4 nitrogen and oxygen atoms in total. The number of nitrogens with one attached hydrogen (secondary N) is 2. The molecular formula is C22H28FN3O. The molecule has 1 heterocycles. The molecule has 0 spiro atoms. The summed E-state index contributed by atoms with van der Waals surface area (Å²) in [6.07, 6.45) is 3.02. The first kappa shape index (κ1) is 19.4. The number of piperidine rings is 1. The van der Waals surface area contributed by atoms with E-state index < -0.39 is 0 Å². The van der Waals surface area contributed by atoms with Crippen LogP contribution < -0.4 is 10.6 Å². The molecule has 0 atom stereocenters. The lowest BCUT2D eigenvalue weighted by molar-refractivity contribution is 0.175. The van der Waals surface area contributed by atoms with Gasteiger partial charge >= 0.3 is 6.03 Å². The van der Waals surface area contributed by atoms with Crippen LogP contribution in [0.4, 0.5) is 14.9 Å². The van der Waals surface area contributed by atoms with Crippen molar-refractivity contribution in [3.8, 4) is 0 Å². The fourth-order valence-corrected chi connectivity index (χ4v) is 3.55. The Hall–Kier alpha value is -2.40. The number of likely N-dealkylation sites (tertiary alicyclic amines) is 1. The standard InChI is InChI=1S/C22H28FN3O/c1-2-19-5-3-4-6-21(19)25-22(27)24-15-17-11-13-26(14-12-17)16-18-7-9-20(23)10-8-18/h3-10,17H,2,11-16H2,1H3,(H2,24,25,27). The Morgan fingerprint density at radius 2 is 1.81 bits per heavy atom. The van der Waals surface area contributed by atoms with E-state index in [1.54, 1.807) is 0 Å². The monoisotopic (exact) mass is 369 g/mol. The molecule has 1 aliphatic rings. The van der Waals surface area contributed by atoms with Crippen LogP contribution in [0.2, 0.25) is 0 Å². The molecule has 2 aromatic carbocycles. The molecule has 0 aliphatic carbocycles. The van der Waals surface area contributed by atoms with Crippen LogP contribution in [-0.4, -0.2) is 30.6 Å². The number of nitrogens with zero attached hydrogens (tertiary/aromatic N) is 1. The summed E-state index contributed by atoms with van der Waals surface area (Å²) in [5.41, 5.74) is 3.16. The smallest absolute Gasteiger partial charge is 0.319 e. The van der Waals surface area contributed by atoms with E-state index in [1.165, 1.54) is 12.1 Å². The number of para-hydroxylation sites is 1. The highest BCUT2D eigenvalue weighted by Gasteiger charge is 2.20. The van der Waals surface area contributed by atoms with Gasteiger partial charge < -0.3 is 10.6 Å². The van der Waals surface area contributed by atoms with Crippen molar-refractivity contribution in [3.05, 3.63) is 65.5 Å². The Kier molecular flexibility index (Phi) is 6.82. The van der Waals surface area contributed by atoms with Crippen LogP contribution in [0, 0.1) is 11.7 Å². The van der Waals surface area contributed by atoms with E-state index in [9.17, 15) is 9.18 Å². The average molecular weight is 369 g/mol. The molecule has 27 heavy (non-hydrogen) atoms. The molecule has 0 radical (unpaired) electrons. The van der Waals surface area contributed by atoms with Crippen molar-refractivity contribution < 1.29 is 9.18 Å². The lowest BCUT2D eigenvalue weighted by Crippen LogP contribution is -2.39. The first-order chi connectivity index (χ1) is 13.1. The quantitative estimate of drug-likeness (QED) is 0.792. The predicted molar refractivity (Wildman–Crippen MR) is 107 cm³/mol. The minimum atomic E-state index is -0.191. The van der Waals surface area contributed by atoms with E-state index in [0.717, 1.165) is 55.7 Å².